The number of nitrogens with zero attached hydrogens (tertiary/aromatic N) is 2. The molecule has 0 atom stereocenters. The fourth-order valence-corrected chi connectivity index (χ4v) is 2.64. The molecule has 2 aromatic rings. The molecule has 1 N–H and O–H groups in total. The maximum atomic E-state index is 11.9. The fourth-order valence-electron chi connectivity index (χ4n) is 1.97. The molecule has 0 unspecified atom stereocenters. The molecule has 0 saturated heterocycles. The average molecular weight is 397 g/mol. The van der Waals surface area contributed by atoms with E-state index in [2.05, 4.69) is 31.4 Å². The van der Waals surface area contributed by atoms with Crippen LogP contribution < -0.4 is 5.32 Å². The van der Waals surface area contributed by atoms with Crippen LogP contribution in [0.3, 0.4) is 0 Å². The zero-order valence-corrected chi connectivity index (χ0v) is 14.1. The minimum atomic E-state index is -0.278. The summed E-state index contributed by atoms with van der Waals surface area (Å²) in [5.41, 5.74) is 2.45. The standard InChI is InChI=1S/C15H8BrCl2N3O/c16-9-2-4-13-10(6-9)14(15(22)20-13)21-19-7-8-1-3-11(17)12(18)5-8/h1-7H,(H,20,21,22)/b19-7-. The van der Waals surface area contributed by atoms with Crippen LogP contribution in [0.2, 0.25) is 10.0 Å². The van der Waals surface area contributed by atoms with Gasteiger partial charge < -0.3 is 5.32 Å². The maximum Gasteiger partial charge on any atom is 0.276 e. The van der Waals surface area contributed by atoms with Gasteiger partial charge in [0.15, 0.2) is 5.71 Å². The highest BCUT2D eigenvalue weighted by molar-refractivity contribution is 9.10. The monoisotopic (exact) mass is 395 g/mol. The molecule has 7 heteroatoms. The van der Waals surface area contributed by atoms with Gasteiger partial charge in [-0.3, -0.25) is 4.79 Å². The zero-order valence-electron chi connectivity index (χ0n) is 11.0. The van der Waals surface area contributed by atoms with E-state index in [4.69, 9.17) is 23.2 Å². The predicted molar refractivity (Wildman–Crippen MR) is 93.4 cm³/mol. The Hall–Kier alpha value is -1.69. The van der Waals surface area contributed by atoms with Crippen molar-refractivity contribution >= 4 is 62.7 Å². The number of anilines is 1. The van der Waals surface area contributed by atoms with E-state index < -0.39 is 0 Å². The van der Waals surface area contributed by atoms with Crippen molar-refractivity contribution in [2.75, 3.05) is 5.32 Å². The molecule has 0 bridgehead atoms. The summed E-state index contributed by atoms with van der Waals surface area (Å²) < 4.78 is 0.865. The lowest BCUT2D eigenvalue weighted by molar-refractivity contribution is -0.110. The normalized spacial score (nSPS) is 15.4. The van der Waals surface area contributed by atoms with Crippen molar-refractivity contribution in [2.45, 2.75) is 0 Å². The van der Waals surface area contributed by atoms with Crippen LogP contribution in [-0.4, -0.2) is 17.8 Å². The molecule has 22 heavy (non-hydrogen) atoms. The van der Waals surface area contributed by atoms with E-state index in [1.807, 2.05) is 18.2 Å². The topological polar surface area (TPSA) is 53.8 Å². The first kappa shape index (κ1) is 15.2. The third-order valence-electron chi connectivity index (χ3n) is 3.01. The lowest BCUT2D eigenvalue weighted by atomic mass is 10.1. The van der Waals surface area contributed by atoms with Gasteiger partial charge in [0.2, 0.25) is 0 Å². The highest BCUT2D eigenvalue weighted by Gasteiger charge is 2.26. The Kier molecular flexibility index (Phi) is 4.29. The molecular weight excluding hydrogens is 389 g/mol. The van der Waals surface area contributed by atoms with Crippen molar-refractivity contribution < 1.29 is 4.79 Å². The molecule has 0 spiro atoms. The van der Waals surface area contributed by atoms with Gasteiger partial charge in [0.25, 0.3) is 5.91 Å². The molecule has 0 aromatic heterocycles. The molecular formula is C15H8BrCl2N3O. The lowest BCUT2D eigenvalue weighted by Crippen LogP contribution is -2.13. The second-order valence-corrected chi connectivity index (χ2v) is 6.24. The summed E-state index contributed by atoms with van der Waals surface area (Å²) >= 11 is 15.1. The molecule has 0 aliphatic carbocycles. The van der Waals surface area contributed by atoms with E-state index in [-0.39, 0.29) is 11.6 Å². The molecule has 1 aliphatic heterocycles. The number of halogens is 3. The van der Waals surface area contributed by atoms with E-state index in [9.17, 15) is 4.79 Å². The summed E-state index contributed by atoms with van der Waals surface area (Å²) in [5, 5.41) is 11.6. The third-order valence-corrected chi connectivity index (χ3v) is 4.24. The molecule has 0 radical (unpaired) electrons. The van der Waals surface area contributed by atoms with Gasteiger partial charge in [0, 0.05) is 10.0 Å². The van der Waals surface area contributed by atoms with Crippen LogP contribution in [0, 0.1) is 0 Å². The summed E-state index contributed by atoms with van der Waals surface area (Å²) in [7, 11) is 0. The third kappa shape index (κ3) is 3.06. The van der Waals surface area contributed by atoms with Gasteiger partial charge >= 0.3 is 0 Å². The second kappa shape index (κ2) is 6.20. The van der Waals surface area contributed by atoms with Gasteiger partial charge in [-0.1, -0.05) is 45.2 Å². The molecule has 1 aliphatic rings. The number of amides is 1. The summed E-state index contributed by atoms with van der Waals surface area (Å²) in [5.74, 6) is -0.278. The highest BCUT2D eigenvalue weighted by atomic mass is 79.9. The van der Waals surface area contributed by atoms with Crippen LogP contribution in [-0.2, 0) is 4.79 Å². The maximum absolute atomic E-state index is 11.9. The Labute approximate surface area is 145 Å². The molecule has 0 fully saturated rings. The molecule has 1 amide bonds. The van der Waals surface area contributed by atoms with E-state index in [0.29, 0.717) is 15.6 Å². The Morgan fingerprint density at radius 2 is 1.91 bits per heavy atom. The number of fused-ring (bicyclic) bond motifs is 1. The zero-order chi connectivity index (χ0) is 15.7. The summed E-state index contributed by atoms with van der Waals surface area (Å²) in [6.07, 6.45) is 1.51. The van der Waals surface area contributed by atoms with Gasteiger partial charge in [0.1, 0.15) is 0 Å². The van der Waals surface area contributed by atoms with E-state index >= 15 is 0 Å². The number of carbonyl (C=O) groups excluding carboxylic acids is 1. The first-order chi connectivity index (χ1) is 10.5. The number of benzene rings is 2. The number of rotatable bonds is 2. The van der Waals surface area contributed by atoms with Gasteiger partial charge in [-0.05, 0) is 35.9 Å². The average Bonchev–Trinajstić information content (AvgIpc) is 2.79. The summed E-state index contributed by atoms with van der Waals surface area (Å²) in [6.45, 7) is 0. The highest BCUT2D eigenvalue weighted by Crippen LogP contribution is 2.27. The SMILES string of the molecule is O=C1Nc2ccc(Br)cc2/C1=N/N=C\c1ccc(Cl)c(Cl)c1. The summed E-state index contributed by atoms with van der Waals surface area (Å²) in [4.78, 5) is 11.9. The molecule has 2 aromatic carbocycles. The Bertz CT molecular complexity index is 834. The van der Waals surface area contributed by atoms with Crippen molar-refractivity contribution in [3.63, 3.8) is 0 Å². The van der Waals surface area contributed by atoms with Crippen LogP contribution in [0.1, 0.15) is 11.1 Å². The smallest absolute Gasteiger partial charge is 0.276 e. The van der Waals surface area contributed by atoms with Crippen LogP contribution >= 0.6 is 39.1 Å². The minimum Gasteiger partial charge on any atom is -0.320 e. The number of hydrogen-bond acceptors (Lipinski definition) is 3. The van der Waals surface area contributed by atoms with Gasteiger partial charge in [-0.15, -0.1) is 5.10 Å². The Morgan fingerprint density at radius 3 is 2.68 bits per heavy atom. The van der Waals surface area contributed by atoms with E-state index in [1.54, 1.807) is 18.2 Å². The molecule has 110 valence electrons. The van der Waals surface area contributed by atoms with Crippen molar-refractivity contribution in [1.29, 1.82) is 0 Å². The number of hydrogen-bond donors (Lipinski definition) is 1. The van der Waals surface area contributed by atoms with Crippen molar-refractivity contribution in [2.24, 2.45) is 10.2 Å². The van der Waals surface area contributed by atoms with Gasteiger partial charge in [-0.2, -0.15) is 5.10 Å². The van der Waals surface area contributed by atoms with E-state index in [1.165, 1.54) is 6.21 Å². The first-order valence-electron chi connectivity index (χ1n) is 6.22. The van der Waals surface area contributed by atoms with Crippen LogP contribution in [0.25, 0.3) is 0 Å². The van der Waals surface area contributed by atoms with Gasteiger partial charge in [-0.25, -0.2) is 0 Å². The van der Waals surface area contributed by atoms with Crippen molar-refractivity contribution in [3.8, 4) is 0 Å². The largest absolute Gasteiger partial charge is 0.320 e. The number of carbonyl (C=O) groups is 1. The van der Waals surface area contributed by atoms with Gasteiger partial charge in [0.05, 0.1) is 21.9 Å². The molecule has 4 nitrogen and oxygen atoms in total. The Morgan fingerprint density at radius 1 is 1.09 bits per heavy atom. The molecule has 1 heterocycles. The Balaban J connectivity index is 1.90. The first-order valence-corrected chi connectivity index (χ1v) is 7.77. The molecule has 0 saturated carbocycles. The lowest BCUT2D eigenvalue weighted by Gasteiger charge is -1.97. The quantitative estimate of drug-likeness (QED) is 0.588. The number of nitrogens with one attached hydrogen (secondary N) is 1. The minimum absolute atomic E-state index is 0.271. The van der Waals surface area contributed by atoms with Crippen LogP contribution in [0.4, 0.5) is 5.69 Å². The van der Waals surface area contributed by atoms with Crippen molar-refractivity contribution in [1.82, 2.24) is 0 Å². The van der Waals surface area contributed by atoms with Crippen LogP contribution in [0.15, 0.2) is 51.1 Å². The second-order valence-electron chi connectivity index (χ2n) is 4.51. The van der Waals surface area contributed by atoms with Crippen LogP contribution in [0.5, 0.6) is 0 Å². The molecule has 3 rings (SSSR count). The van der Waals surface area contributed by atoms with E-state index in [0.717, 1.165) is 15.7 Å². The summed E-state index contributed by atoms with van der Waals surface area (Å²) in [6, 6.07) is 10.6. The predicted octanol–water partition coefficient (Wildman–Crippen LogP) is 4.53. The van der Waals surface area contributed by atoms with Crippen molar-refractivity contribution in [3.05, 3.63) is 62.0 Å². The fraction of sp³-hybridized carbons (Fsp3) is 0.